The second-order valence-electron chi connectivity index (χ2n) is 3.54. The zero-order valence-electron chi connectivity index (χ0n) is 9.54. The van der Waals surface area contributed by atoms with E-state index in [1.54, 1.807) is 32.4 Å². The quantitative estimate of drug-likeness (QED) is 0.878. The summed E-state index contributed by atoms with van der Waals surface area (Å²) in [5.74, 6) is -0.121. The van der Waals surface area contributed by atoms with Crippen molar-refractivity contribution in [1.29, 1.82) is 0 Å². The van der Waals surface area contributed by atoms with Gasteiger partial charge >= 0.3 is 0 Å². The summed E-state index contributed by atoms with van der Waals surface area (Å²) in [6.45, 7) is 1.77. The molecule has 0 aliphatic carbocycles. The van der Waals surface area contributed by atoms with Crippen molar-refractivity contribution in [2.45, 2.75) is 6.92 Å². The van der Waals surface area contributed by atoms with Gasteiger partial charge in [0.1, 0.15) is 4.88 Å². The Hall–Kier alpha value is -1.95. The van der Waals surface area contributed by atoms with Gasteiger partial charge in [-0.3, -0.25) is 9.78 Å². The maximum Gasteiger partial charge on any atom is 0.270 e. The monoisotopic (exact) mass is 248 g/mol. The molecule has 0 fully saturated rings. The summed E-state index contributed by atoms with van der Waals surface area (Å²) in [7, 11) is 1.70. The van der Waals surface area contributed by atoms with E-state index in [4.69, 9.17) is 5.73 Å². The van der Waals surface area contributed by atoms with Crippen LogP contribution in [0.5, 0.6) is 0 Å². The number of nitrogens with zero attached hydrogens (tertiary/aromatic N) is 3. The van der Waals surface area contributed by atoms with Crippen molar-refractivity contribution in [2.75, 3.05) is 17.7 Å². The number of nitrogens with two attached hydrogens (primary N) is 1. The van der Waals surface area contributed by atoms with Gasteiger partial charge in [-0.25, -0.2) is 4.98 Å². The number of hydrogen-bond donors (Lipinski definition) is 1. The number of hydrogen-bond acceptors (Lipinski definition) is 5. The second-order valence-corrected chi connectivity index (χ2v) is 4.57. The van der Waals surface area contributed by atoms with Crippen LogP contribution in [0.25, 0.3) is 0 Å². The molecular formula is C11H12N4OS. The molecule has 0 aliphatic rings. The summed E-state index contributed by atoms with van der Waals surface area (Å²) in [6, 6.07) is 3.61. The predicted molar refractivity (Wildman–Crippen MR) is 68.2 cm³/mol. The lowest BCUT2D eigenvalue weighted by molar-refractivity contribution is 0.0996. The van der Waals surface area contributed by atoms with E-state index in [0.29, 0.717) is 15.7 Å². The van der Waals surface area contributed by atoms with Crippen LogP contribution < -0.4 is 10.6 Å². The molecule has 1 amide bonds. The average Bonchev–Trinajstić information content (AvgIpc) is 2.68. The summed E-state index contributed by atoms with van der Waals surface area (Å²) < 4.78 is 0. The van der Waals surface area contributed by atoms with Crippen molar-refractivity contribution in [3.63, 3.8) is 0 Å². The number of carbonyl (C=O) groups is 1. The van der Waals surface area contributed by atoms with Crippen LogP contribution in [0.4, 0.5) is 10.8 Å². The first-order chi connectivity index (χ1) is 8.09. The fourth-order valence-electron chi connectivity index (χ4n) is 1.44. The van der Waals surface area contributed by atoms with E-state index in [-0.39, 0.29) is 5.91 Å². The molecule has 0 aliphatic heterocycles. The van der Waals surface area contributed by atoms with Crippen LogP contribution in [0, 0.1) is 6.92 Å². The molecule has 0 bridgehead atoms. The molecule has 0 spiro atoms. The maximum absolute atomic E-state index is 12.2. The van der Waals surface area contributed by atoms with Crippen molar-refractivity contribution in [2.24, 2.45) is 0 Å². The van der Waals surface area contributed by atoms with Gasteiger partial charge in [-0.05, 0) is 19.1 Å². The Morgan fingerprint density at radius 2 is 2.29 bits per heavy atom. The topological polar surface area (TPSA) is 72.1 Å². The van der Waals surface area contributed by atoms with Crippen molar-refractivity contribution < 1.29 is 4.79 Å². The van der Waals surface area contributed by atoms with E-state index < -0.39 is 0 Å². The van der Waals surface area contributed by atoms with Crippen LogP contribution in [0.3, 0.4) is 0 Å². The van der Waals surface area contributed by atoms with E-state index in [1.165, 1.54) is 16.2 Å². The van der Waals surface area contributed by atoms with E-state index in [2.05, 4.69) is 9.97 Å². The molecule has 2 aromatic heterocycles. The SMILES string of the molecule is Cc1nc(N)sc1C(=O)N(C)c1cccnc1. The van der Waals surface area contributed by atoms with Crippen molar-refractivity contribution >= 4 is 28.1 Å². The van der Waals surface area contributed by atoms with Crippen molar-refractivity contribution in [3.8, 4) is 0 Å². The zero-order valence-corrected chi connectivity index (χ0v) is 10.4. The average molecular weight is 248 g/mol. The highest BCUT2D eigenvalue weighted by Gasteiger charge is 2.19. The standard InChI is InChI=1S/C11H12N4OS/c1-7-9(17-11(12)14-7)10(16)15(2)8-4-3-5-13-6-8/h3-6H,1-2H3,(H2,12,14). The number of amides is 1. The number of nitrogen functional groups attached to an aromatic ring is 1. The number of carbonyl (C=O) groups excluding carboxylic acids is 1. The number of pyridine rings is 1. The summed E-state index contributed by atoms with van der Waals surface area (Å²) in [6.07, 6.45) is 3.30. The summed E-state index contributed by atoms with van der Waals surface area (Å²) in [5.41, 5.74) is 6.98. The number of aryl methyl sites for hydroxylation is 1. The minimum Gasteiger partial charge on any atom is -0.375 e. The highest BCUT2D eigenvalue weighted by molar-refractivity contribution is 7.17. The fraction of sp³-hybridized carbons (Fsp3) is 0.182. The second kappa shape index (κ2) is 4.50. The van der Waals surface area contributed by atoms with Gasteiger partial charge in [-0.2, -0.15) is 0 Å². The van der Waals surface area contributed by atoms with E-state index in [9.17, 15) is 4.79 Å². The van der Waals surface area contributed by atoms with Crippen LogP contribution in [0.1, 0.15) is 15.4 Å². The fourth-order valence-corrected chi connectivity index (χ4v) is 2.25. The first kappa shape index (κ1) is 11.5. The highest BCUT2D eigenvalue weighted by Crippen LogP contribution is 2.23. The highest BCUT2D eigenvalue weighted by atomic mass is 32.1. The molecule has 2 N–H and O–H groups in total. The molecule has 6 heteroatoms. The third-order valence-electron chi connectivity index (χ3n) is 2.35. The van der Waals surface area contributed by atoms with Gasteiger partial charge in [-0.1, -0.05) is 11.3 Å². The van der Waals surface area contributed by atoms with E-state index in [0.717, 1.165) is 5.69 Å². The number of rotatable bonds is 2. The molecule has 0 atom stereocenters. The minimum absolute atomic E-state index is 0.121. The summed E-state index contributed by atoms with van der Waals surface area (Å²) in [5, 5.41) is 0.408. The lowest BCUT2D eigenvalue weighted by atomic mass is 10.3. The lowest BCUT2D eigenvalue weighted by Gasteiger charge is -2.15. The molecular weight excluding hydrogens is 236 g/mol. The Kier molecular flexibility index (Phi) is 3.06. The van der Waals surface area contributed by atoms with Gasteiger partial charge in [0.15, 0.2) is 5.13 Å². The van der Waals surface area contributed by atoms with Crippen molar-refractivity contribution in [3.05, 3.63) is 35.1 Å². The van der Waals surface area contributed by atoms with E-state index in [1.807, 2.05) is 6.07 Å². The Morgan fingerprint density at radius 3 is 2.82 bits per heavy atom. The zero-order chi connectivity index (χ0) is 12.4. The molecule has 5 nitrogen and oxygen atoms in total. The molecule has 0 radical (unpaired) electrons. The Balaban J connectivity index is 2.30. The van der Waals surface area contributed by atoms with Crippen LogP contribution >= 0.6 is 11.3 Å². The summed E-state index contributed by atoms with van der Waals surface area (Å²) >= 11 is 1.20. The molecule has 2 aromatic rings. The Bertz CT molecular complexity index is 538. The normalized spacial score (nSPS) is 10.2. The van der Waals surface area contributed by atoms with Crippen LogP contribution in [-0.2, 0) is 0 Å². The van der Waals surface area contributed by atoms with Gasteiger partial charge in [0.25, 0.3) is 5.91 Å². The van der Waals surface area contributed by atoms with Crippen LogP contribution in [0.15, 0.2) is 24.5 Å². The molecule has 0 unspecified atom stereocenters. The first-order valence-corrected chi connectivity index (χ1v) is 5.82. The number of anilines is 2. The molecule has 88 valence electrons. The molecule has 0 aromatic carbocycles. The van der Waals surface area contributed by atoms with Gasteiger partial charge in [0.2, 0.25) is 0 Å². The molecule has 0 saturated heterocycles. The Labute approximate surface area is 103 Å². The lowest BCUT2D eigenvalue weighted by Crippen LogP contribution is -2.26. The molecule has 2 rings (SSSR count). The van der Waals surface area contributed by atoms with Gasteiger partial charge in [0.05, 0.1) is 17.6 Å². The van der Waals surface area contributed by atoms with Gasteiger partial charge < -0.3 is 10.6 Å². The molecule has 17 heavy (non-hydrogen) atoms. The first-order valence-electron chi connectivity index (χ1n) is 5.00. The maximum atomic E-state index is 12.2. The predicted octanol–water partition coefficient (Wildman–Crippen LogP) is 1.71. The van der Waals surface area contributed by atoms with Gasteiger partial charge in [0, 0.05) is 13.2 Å². The number of thiazole rings is 1. The Morgan fingerprint density at radius 1 is 1.53 bits per heavy atom. The largest absolute Gasteiger partial charge is 0.375 e. The van der Waals surface area contributed by atoms with Crippen molar-refractivity contribution in [1.82, 2.24) is 9.97 Å². The smallest absolute Gasteiger partial charge is 0.270 e. The molecule has 0 saturated carbocycles. The minimum atomic E-state index is -0.121. The van der Waals surface area contributed by atoms with Gasteiger partial charge in [-0.15, -0.1) is 0 Å². The third kappa shape index (κ3) is 2.26. The van der Waals surface area contributed by atoms with Crippen LogP contribution in [-0.4, -0.2) is 22.9 Å². The van der Waals surface area contributed by atoms with Crippen LogP contribution in [0.2, 0.25) is 0 Å². The van der Waals surface area contributed by atoms with E-state index >= 15 is 0 Å². The summed E-state index contributed by atoms with van der Waals surface area (Å²) in [4.78, 5) is 22.3. The molecule has 2 heterocycles. The third-order valence-corrected chi connectivity index (χ3v) is 3.32. The number of aromatic nitrogens is 2.